The Morgan fingerprint density at radius 2 is 1.60 bits per heavy atom. The summed E-state index contributed by atoms with van der Waals surface area (Å²) in [7, 11) is 0. The third kappa shape index (κ3) is 0.948. The topological polar surface area (TPSA) is 0 Å². The zero-order chi connectivity index (χ0) is 6.97. The molecule has 1 aliphatic rings. The van der Waals surface area contributed by atoms with Crippen LogP contribution in [-0.2, 0) is 12.8 Å². The van der Waals surface area contributed by atoms with Gasteiger partial charge in [-0.25, -0.2) is 0 Å². The van der Waals surface area contributed by atoms with Gasteiger partial charge in [0.2, 0.25) is 0 Å². The number of benzene rings is 1. The van der Waals surface area contributed by atoms with E-state index in [1.165, 1.54) is 11.1 Å². The number of hydrogen-bond donors (Lipinski definition) is 1. The Balaban J connectivity index is 2.42. The summed E-state index contributed by atoms with van der Waals surface area (Å²) in [5.74, 6) is 0. The van der Waals surface area contributed by atoms with Gasteiger partial charge in [-0.15, -0.1) is 0 Å². The summed E-state index contributed by atoms with van der Waals surface area (Å²) in [6.45, 7) is 0. The molecule has 10 heavy (non-hydrogen) atoms. The molecule has 0 bridgehead atoms. The third-order valence-electron chi connectivity index (χ3n) is 2.03. The minimum absolute atomic E-state index is 0.567. The highest BCUT2D eigenvalue weighted by atomic mass is 32.1. The van der Waals surface area contributed by atoms with Crippen LogP contribution in [0.3, 0.4) is 0 Å². The van der Waals surface area contributed by atoms with Gasteiger partial charge in [0.25, 0.3) is 0 Å². The van der Waals surface area contributed by atoms with Crippen molar-refractivity contribution >= 4 is 12.6 Å². The van der Waals surface area contributed by atoms with E-state index >= 15 is 0 Å². The minimum atomic E-state index is 0.567. The molecular weight excluding hydrogens is 140 g/mol. The van der Waals surface area contributed by atoms with Gasteiger partial charge in [0, 0.05) is 5.25 Å². The van der Waals surface area contributed by atoms with Gasteiger partial charge < -0.3 is 0 Å². The summed E-state index contributed by atoms with van der Waals surface area (Å²) >= 11 is 4.44. The first-order chi connectivity index (χ1) is 4.86. The first-order valence-corrected chi connectivity index (χ1v) is 4.13. The normalized spacial score (nSPS) is 17.3. The first kappa shape index (κ1) is 6.29. The van der Waals surface area contributed by atoms with Crippen molar-refractivity contribution in [1.29, 1.82) is 0 Å². The standard InChI is InChI=1S/C9H10S/c10-9-5-7-3-1-2-4-8(7)6-9/h1-4,9-10H,5-6H2. The van der Waals surface area contributed by atoms with Gasteiger partial charge in [0.1, 0.15) is 0 Å². The van der Waals surface area contributed by atoms with Crippen LogP contribution in [0.15, 0.2) is 24.3 Å². The molecule has 0 saturated carbocycles. The highest BCUT2D eigenvalue weighted by Crippen LogP contribution is 2.24. The van der Waals surface area contributed by atoms with Crippen LogP contribution in [0.4, 0.5) is 0 Å². The lowest BCUT2D eigenvalue weighted by Crippen LogP contribution is -1.93. The maximum absolute atomic E-state index is 4.44. The lowest BCUT2D eigenvalue weighted by molar-refractivity contribution is 0.943. The Morgan fingerprint density at radius 3 is 2.10 bits per heavy atom. The molecule has 1 aliphatic carbocycles. The van der Waals surface area contributed by atoms with Crippen LogP contribution in [0.1, 0.15) is 11.1 Å². The predicted molar refractivity (Wildman–Crippen MR) is 46.6 cm³/mol. The molecule has 0 aromatic heterocycles. The molecule has 0 amide bonds. The van der Waals surface area contributed by atoms with Gasteiger partial charge in [0.05, 0.1) is 0 Å². The number of rotatable bonds is 0. The molecule has 0 atom stereocenters. The van der Waals surface area contributed by atoms with E-state index in [2.05, 4.69) is 36.9 Å². The van der Waals surface area contributed by atoms with Crippen molar-refractivity contribution in [2.75, 3.05) is 0 Å². The summed E-state index contributed by atoms with van der Waals surface area (Å²) in [6, 6.07) is 8.60. The van der Waals surface area contributed by atoms with E-state index < -0.39 is 0 Å². The van der Waals surface area contributed by atoms with Crippen LogP contribution in [0.25, 0.3) is 0 Å². The van der Waals surface area contributed by atoms with Gasteiger partial charge >= 0.3 is 0 Å². The maximum Gasteiger partial charge on any atom is 0.00978 e. The van der Waals surface area contributed by atoms with Gasteiger partial charge in [-0.1, -0.05) is 24.3 Å². The molecular formula is C9H10S. The molecule has 0 heterocycles. The molecule has 1 aromatic carbocycles. The van der Waals surface area contributed by atoms with Crippen molar-refractivity contribution in [3.05, 3.63) is 35.4 Å². The molecule has 0 nitrogen and oxygen atoms in total. The van der Waals surface area contributed by atoms with Crippen molar-refractivity contribution in [2.45, 2.75) is 18.1 Å². The quantitative estimate of drug-likeness (QED) is 0.538. The summed E-state index contributed by atoms with van der Waals surface area (Å²) in [4.78, 5) is 0. The fourth-order valence-electron chi connectivity index (χ4n) is 1.54. The van der Waals surface area contributed by atoms with Crippen molar-refractivity contribution in [2.24, 2.45) is 0 Å². The fourth-order valence-corrected chi connectivity index (χ4v) is 1.93. The van der Waals surface area contributed by atoms with Crippen molar-refractivity contribution in [1.82, 2.24) is 0 Å². The van der Waals surface area contributed by atoms with Crippen LogP contribution >= 0.6 is 12.6 Å². The molecule has 0 N–H and O–H groups in total. The second-order valence-electron chi connectivity index (χ2n) is 2.83. The van der Waals surface area contributed by atoms with Crippen LogP contribution in [-0.4, -0.2) is 5.25 Å². The summed E-state index contributed by atoms with van der Waals surface area (Å²) in [6.07, 6.45) is 2.30. The molecule has 52 valence electrons. The molecule has 0 fully saturated rings. The van der Waals surface area contributed by atoms with E-state index in [-0.39, 0.29) is 0 Å². The third-order valence-corrected chi connectivity index (χ3v) is 2.39. The fraction of sp³-hybridized carbons (Fsp3) is 0.333. The van der Waals surface area contributed by atoms with Gasteiger partial charge in [-0.05, 0) is 24.0 Å². The Hall–Kier alpha value is -0.430. The van der Waals surface area contributed by atoms with E-state index in [9.17, 15) is 0 Å². The molecule has 1 heteroatoms. The van der Waals surface area contributed by atoms with Crippen molar-refractivity contribution in [3.8, 4) is 0 Å². The van der Waals surface area contributed by atoms with Crippen molar-refractivity contribution < 1.29 is 0 Å². The summed E-state index contributed by atoms with van der Waals surface area (Å²) < 4.78 is 0. The molecule has 0 aliphatic heterocycles. The van der Waals surface area contributed by atoms with E-state index in [0.29, 0.717) is 5.25 Å². The predicted octanol–water partition coefficient (Wildman–Crippen LogP) is 2.08. The summed E-state index contributed by atoms with van der Waals surface area (Å²) in [5.41, 5.74) is 2.98. The summed E-state index contributed by atoms with van der Waals surface area (Å²) in [5, 5.41) is 0.567. The lowest BCUT2D eigenvalue weighted by atomic mass is 10.1. The number of thiol groups is 1. The Labute approximate surface area is 66.7 Å². The Kier molecular flexibility index (Phi) is 1.46. The number of hydrogen-bond acceptors (Lipinski definition) is 1. The highest BCUT2D eigenvalue weighted by Gasteiger charge is 2.16. The van der Waals surface area contributed by atoms with E-state index in [0.717, 1.165) is 12.8 Å². The highest BCUT2D eigenvalue weighted by molar-refractivity contribution is 7.81. The van der Waals surface area contributed by atoms with Crippen molar-refractivity contribution in [3.63, 3.8) is 0 Å². The zero-order valence-electron chi connectivity index (χ0n) is 5.75. The second kappa shape index (κ2) is 2.31. The molecule has 0 unspecified atom stereocenters. The van der Waals surface area contributed by atoms with Gasteiger partial charge in [-0.3, -0.25) is 0 Å². The average Bonchev–Trinajstić information content (AvgIpc) is 2.27. The Morgan fingerprint density at radius 1 is 1.10 bits per heavy atom. The van der Waals surface area contributed by atoms with E-state index in [4.69, 9.17) is 0 Å². The van der Waals surface area contributed by atoms with Gasteiger partial charge in [-0.2, -0.15) is 12.6 Å². The van der Waals surface area contributed by atoms with E-state index in [1.807, 2.05) is 0 Å². The second-order valence-corrected chi connectivity index (χ2v) is 3.56. The average molecular weight is 150 g/mol. The first-order valence-electron chi connectivity index (χ1n) is 3.61. The monoisotopic (exact) mass is 150 g/mol. The van der Waals surface area contributed by atoms with Crippen LogP contribution in [0.2, 0.25) is 0 Å². The number of fused-ring (bicyclic) bond motifs is 1. The molecule has 0 radical (unpaired) electrons. The van der Waals surface area contributed by atoms with Gasteiger partial charge in [0.15, 0.2) is 0 Å². The smallest absolute Gasteiger partial charge is 0.00978 e. The van der Waals surface area contributed by atoms with Crippen LogP contribution < -0.4 is 0 Å². The molecule has 1 aromatic rings. The zero-order valence-corrected chi connectivity index (χ0v) is 6.64. The van der Waals surface area contributed by atoms with Crippen LogP contribution in [0, 0.1) is 0 Å². The minimum Gasteiger partial charge on any atom is -0.175 e. The Bertz CT molecular complexity index is 217. The molecule has 0 spiro atoms. The maximum atomic E-state index is 4.44. The largest absolute Gasteiger partial charge is 0.175 e. The molecule has 0 saturated heterocycles. The van der Waals surface area contributed by atoms with E-state index in [1.54, 1.807) is 0 Å². The van der Waals surface area contributed by atoms with Crippen LogP contribution in [0.5, 0.6) is 0 Å². The SMILES string of the molecule is SC1Cc2ccccc2C1. The molecule has 2 rings (SSSR count). The lowest BCUT2D eigenvalue weighted by Gasteiger charge is -1.92.